The Morgan fingerprint density at radius 1 is 1.37 bits per heavy atom. The van der Waals surface area contributed by atoms with Crippen LogP contribution < -0.4 is 16.9 Å². The first-order chi connectivity index (χ1) is 13.0. The van der Waals surface area contributed by atoms with Crippen molar-refractivity contribution in [3.63, 3.8) is 0 Å². The number of carbonyl (C=O) groups excluding carboxylic acids is 1. The number of aliphatic hydroxyl groups is 1. The number of nitrogens with two attached hydrogens (primary N) is 1. The summed E-state index contributed by atoms with van der Waals surface area (Å²) in [6.07, 6.45) is 4.41. The second kappa shape index (κ2) is 10.9. The maximum atomic E-state index is 11.8. The van der Waals surface area contributed by atoms with E-state index in [1.54, 1.807) is 5.48 Å². The molecule has 2 rings (SSSR count). The third-order valence-electron chi connectivity index (χ3n) is 4.36. The average Bonchev–Trinajstić information content (AvgIpc) is 3.00. The van der Waals surface area contributed by atoms with Crippen molar-refractivity contribution in [2.45, 2.75) is 63.4 Å². The number of aliphatic hydroxyl groups excluding tert-OH is 1. The van der Waals surface area contributed by atoms with Gasteiger partial charge < -0.3 is 20.3 Å². The summed E-state index contributed by atoms with van der Waals surface area (Å²) in [6, 6.07) is 0. The minimum Gasteiger partial charge on any atom is -0.390 e. The highest BCUT2D eigenvalue weighted by Crippen LogP contribution is 2.27. The van der Waals surface area contributed by atoms with Gasteiger partial charge in [0.1, 0.15) is 18.7 Å². The standard InChI is InChI=1S/C16H27N5O6/c17-15-18-10-21(16(24)19-15)14-8-11(22)12(27-14)9-26-7-5-3-1-2-4-6-13(23)20-25/h10-12,14,22,25H,1-9H2,(H,20,23)(H2,17,19,24). The normalized spacial score (nSPS) is 22.1. The summed E-state index contributed by atoms with van der Waals surface area (Å²) in [4.78, 5) is 30.0. The maximum absolute atomic E-state index is 11.8. The Kier molecular flexibility index (Phi) is 8.58. The molecule has 27 heavy (non-hydrogen) atoms. The molecule has 152 valence electrons. The van der Waals surface area contributed by atoms with Crippen LogP contribution >= 0.6 is 0 Å². The van der Waals surface area contributed by atoms with Gasteiger partial charge >= 0.3 is 5.69 Å². The smallest absolute Gasteiger partial charge is 0.354 e. The molecule has 3 atom stereocenters. The summed E-state index contributed by atoms with van der Waals surface area (Å²) in [5.74, 6) is -0.467. The summed E-state index contributed by atoms with van der Waals surface area (Å²) < 4.78 is 12.4. The van der Waals surface area contributed by atoms with Gasteiger partial charge in [-0.05, 0) is 12.8 Å². The van der Waals surface area contributed by atoms with E-state index in [1.807, 2.05) is 0 Å². The van der Waals surface area contributed by atoms with E-state index in [-0.39, 0.29) is 24.9 Å². The van der Waals surface area contributed by atoms with Crippen molar-refractivity contribution >= 4 is 11.9 Å². The number of anilines is 1. The van der Waals surface area contributed by atoms with E-state index < -0.39 is 24.1 Å². The number of nitrogens with zero attached hydrogens (tertiary/aromatic N) is 3. The SMILES string of the molecule is Nc1ncn(C2CC(O)C(COCCCCCCCC(=O)NO)O2)c(=O)n1. The fourth-order valence-electron chi connectivity index (χ4n) is 2.86. The number of ether oxygens (including phenoxy) is 2. The number of hydrogen-bond donors (Lipinski definition) is 4. The van der Waals surface area contributed by atoms with Gasteiger partial charge in [-0.25, -0.2) is 15.3 Å². The Balaban J connectivity index is 1.59. The molecule has 1 fully saturated rings. The predicted molar refractivity (Wildman–Crippen MR) is 93.7 cm³/mol. The third-order valence-corrected chi connectivity index (χ3v) is 4.36. The summed E-state index contributed by atoms with van der Waals surface area (Å²) in [6.45, 7) is 0.776. The molecule has 1 aliphatic rings. The lowest BCUT2D eigenvalue weighted by Crippen LogP contribution is -2.29. The molecule has 0 radical (unpaired) electrons. The highest BCUT2D eigenvalue weighted by Gasteiger charge is 2.35. The molecule has 1 amide bonds. The number of amides is 1. The largest absolute Gasteiger partial charge is 0.390 e. The number of unbranched alkanes of at least 4 members (excludes halogenated alkanes) is 4. The molecule has 11 heteroatoms. The van der Waals surface area contributed by atoms with Crippen LogP contribution in [0.2, 0.25) is 0 Å². The third kappa shape index (κ3) is 6.86. The molecule has 0 aliphatic carbocycles. The molecule has 1 aliphatic heterocycles. The molecule has 0 saturated carbocycles. The second-order valence-corrected chi connectivity index (χ2v) is 6.46. The van der Waals surface area contributed by atoms with Gasteiger partial charge in [0, 0.05) is 19.4 Å². The molecule has 11 nitrogen and oxygen atoms in total. The molecule has 1 aromatic rings. The van der Waals surface area contributed by atoms with Crippen LogP contribution in [0.25, 0.3) is 0 Å². The van der Waals surface area contributed by atoms with Crippen molar-refractivity contribution in [1.82, 2.24) is 20.0 Å². The van der Waals surface area contributed by atoms with Crippen molar-refractivity contribution < 1.29 is 24.6 Å². The summed E-state index contributed by atoms with van der Waals surface area (Å²) in [7, 11) is 0. The number of hydroxylamine groups is 1. The van der Waals surface area contributed by atoms with Crippen LogP contribution in [0, 0.1) is 0 Å². The van der Waals surface area contributed by atoms with Crippen LogP contribution in [-0.2, 0) is 14.3 Å². The van der Waals surface area contributed by atoms with Crippen LogP contribution in [0.5, 0.6) is 0 Å². The van der Waals surface area contributed by atoms with E-state index >= 15 is 0 Å². The number of nitrogens with one attached hydrogen (secondary N) is 1. The minimum absolute atomic E-state index is 0.105. The van der Waals surface area contributed by atoms with Crippen molar-refractivity contribution in [2.75, 3.05) is 18.9 Å². The minimum atomic E-state index is -0.739. The van der Waals surface area contributed by atoms with Gasteiger partial charge in [0.25, 0.3) is 0 Å². The zero-order valence-electron chi connectivity index (χ0n) is 15.1. The fraction of sp³-hybridized carbons (Fsp3) is 0.750. The van der Waals surface area contributed by atoms with Gasteiger partial charge in [0.15, 0.2) is 0 Å². The number of aromatic nitrogens is 3. The summed E-state index contributed by atoms with van der Waals surface area (Å²) in [5, 5.41) is 18.5. The monoisotopic (exact) mass is 385 g/mol. The van der Waals surface area contributed by atoms with Crippen LogP contribution in [0.15, 0.2) is 11.1 Å². The van der Waals surface area contributed by atoms with Crippen molar-refractivity contribution in [1.29, 1.82) is 0 Å². The summed E-state index contributed by atoms with van der Waals surface area (Å²) in [5.41, 5.74) is 6.40. The van der Waals surface area contributed by atoms with Gasteiger partial charge in [-0.3, -0.25) is 14.6 Å². The van der Waals surface area contributed by atoms with Crippen molar-refractivity contribution in [3.05, 3.63) is 16.8 Å². The maximum Gasteiger partial charge on any atom is 0.354 e. The number of nitrogen functional groups attached to an aromatic ring is 1. The fourth-order valence-corrected chi connectivity index (χ4v) is 2.86. The number of rotatable bonds is 11. The van der Waals surface area contributed by atoms with E-state index in [2.05, 4.69) is 9.97 Å². The van der Waals surface area contributed by atoms with E-state index in [1.165, 1.54) is 10.9 Å². The highest BCUT2D eigenvalue weighted by molar-refractivity contribution is 5.74. The Labute approximate surface area is 156 Å². The Hall–Kier alpha value is -2.08. The topological polar surface area (TPSA) is 162 Å². The quantitative estimate of drug-likeness (QED) is 0.228. The number of hydrogen-bond acceptors (Lipinski definition) is 9. The van der Waals surface area contributed by atoms with E-state index in [0.29, 0.717) is 13.0 Å². The van der Waals surface area contributed by atoms with E-state index in [4.69, 9.17) is 20.4 Å². The first-order valence-electron chi connectivity index (χ1n) is 9.06. The molecule has 2 heterocycles. The van der Waals surface area contributed by atoms with Gasteiger partial charge in [0.2, 0.25) is 11.9 Å². The molecule has 0 aromatic carbocycles. The average molecular weight is 385 g/mol. The molecule has 0 spiro atoms. The first-order valence-corrected chi connectivity index (χ1v) is 9.06. The molecule has 5 N–H and O–H groups in total. The predicted octanol–water partition coefficient (Wildman–Crippen LogP) is -0.268. The van der Waals surface area contributed by atoms with E-state index in [9.17, 15) is 14.7 Å². The number of carbonyl (C=O) groups is 1. The zero-order chi connectivity index (χ0) is 19.6. The van der Waals surface area contributed by atoms with Crippen LogP contribution in [0.4, 0.5) is 5.95 Å². The van der Waals surface area contributed by atoms with Crippen LogP contribution in [-0.4, -0.2) is 56.2 Å². The second-order valence-electron chi connectivity index (χ2n) is 6.46. The lowest BCUT2D eigenvalue weighted by atomic mass is 10.1. The van der Waals surface area contributed by atoms with Crippen molar-refractivity contribution in [2.24, 2.45) is 0 Å². The van der Waals surface area contributed by atoms with Gasteiger partial charge in [-0.15, -0.1) is 0 Å². The van der Waals surface area contributed by atoms with Gasteiger partial charge in [-0.1, -0.05) is 19.3 Å². The molecular formula is C16H27N5O6. The molecular weight excluding hydrogens is 358 g/mol. The summed E-state index contributed by atoms with van der Waals surface area (Å²) >= 11 is 0. The van der Waals surface area contributed by atoms with Gasteiger partial charge in [0.05, 0.1) is 12.7 Å². The van der Waals surface area contributed by atoms with E-state index in [0.717, 1.165) is 32.1 Å². The van der Waals surface area contributed by atoms with Crippen LogP contribution in [0.1, 0.15) is 51.2 Å². The Morgan fingerprint density at radius 2 is 2.11 bits per heavy atom. The first kappa shape index (κ1) is 21.2. The molecule has 1 aromatic heterocycles. The Bertz CT molecular complexity index is 654. The Morgan fingerprint density at radius 3 is 2.85 bits per heavy atom. The van der Waals surface area contributed by atoms with Gasteiger partial charge in [-0.2, -0.15) is 4.98 Å². The lowest BCUT2D eigenvalue weighted by molar-refractivity contribution is -0.129. The molecule has 3 unspecified atom stereocenters. The highest BCUT2D eigenvalue weighted by atomic mass is 16.6. The van der Waals surface area contributed by atoms with Crippen LogP contribution in [0.3, 0.4) is 0 Å². The molecule has 1 saturated heterocycles. The zero-order valence-corrected chi connectivity index (χ0v) is 15.1. The van der Waals surface area contributed by atoms with Crippen molar-refractivity contribution in [3.8, 4) is 0 Å². The lowest BCUT2D eigenvalue weighted by Gasteiger charge is -2.16. The molecule has 0 bridgehead atoms.